The Bertz CT molecular complexity index is 1290. The largest absolute Gasteiger partial charge is 0.416 e. The van der Waals surface area contributed by atoms with E-state index >= 15 is 0 Å². The summed E-state index contributed by atoms with van der Waals surface area (Å²) >= 11 is 0. The Hall–Kier alpha value is -2.59. The first-order valence-electron chi connectivity index (χ1n) is 13.5. The molecule has 3 nitrogen and oxygen atoms in total. The predicted octanol–water partition coefficient (Wildman–Crippen LogP) is 6.93. The van der Waals surface area contributed by atoms with Gasteiger partial charge in [-0.2, -0.15) is 26.3 Å². The van der Waals surface area contributed by atoms with E-state index in [2.05, 4.69) is 26.8 Å². The Balaban J connectivity index is 0.00000387. The molecule has 0 saturated carbocycles. The van der Waals surface area contributed by atoms with Crippen LogP contribution in [0.25, 0.3) is 0 Å². The van der Waals surface area contributed by atoms with Gasteiger partial charge in [0.25, 0.3) is 0 Å². The van der Waals surface area contributed by atoms with E-state index in [-0.39, 0.29) is 17.9 Å². The fourth-order valence-electron chi connectivity index (χ4n) is 6.31. The molecular formula is C31H34ClF6N3. The lowest BCUT2D eigenvalue weighted by atomic mass is 9.91. The number of piperazine rings is 1. The molecule has 1 fully saturated rings. The number of hydrogen-bond acceptors (Lipinski definition) is 3. The fraction of sp³-hybridized carbons (Fsp3) is 0.419. The van der Waals surface area contributed by atoms with Gasteiger partial charge in [0.1, 0.15) is 0 Å². The average Bonchev–Trinajstić information content (AvgIpc) is 3.27. The maximum absolute atomic E-state index is 13.3. The Morgan fingerprint density at radius 2 is 1.22 bits per heavy atom. The minimum atomic E-state index is -4.38. The summed E-state index contributed by atoms with van der Waals surface area (Å²) in [4.78, 5) is 6.78. The van der Waals surface area contributed by atoms with Crippen LogP contribution < -0.4 is 0 Å². The van der Waals surface area contributed by atoms with Gasteiger partial charge in [0, 0.05) is 51.4 Å². The van der Waals surface area contributed by atoms with Crippen molar-refractivity contribution in [2.75, 3.05) is 39.8 Å². The Kier molecular flexibility index (Phi) is 9.43. The van der Waals surface area contributed by atoms with E-state index in [9.17, 15) is 26.3 Å². The van der Waals surface area contributed by atoms with E-state index in [1.165, 1.54) is 35.4 Å². The third-order valence-corrected chi connectivity index (χ3v) is 8.13. The third kappa shape index (κ3) is 7.44. The zero-order chi connectivity index (χ0) is 28.5. The molecule has 10 heteroatoms. The van der Waals surface area contributed by atoms with Crippen LogP contribution in [-0.2, 0) is 38.3 Å². The first-order chi connectivity index (χ1) is 18.9. The van der Waals surface area contributed by atoms with Crippen molar-refractivity contribution in [1.29, 1.82) is 0 Å². The van der Waals surface area contributed by atoms with Gasteiger partial charge in [-0.3, -0.25) is 9.80 Å². The number of likely N-dealkylation sites (N-methyl/N-ethyl adjacent to an activating group) is 1. The molecule has 2 aliphatic rings. The van der Waals surface area contributed by atoms with Crippen molar-refractivity contribution >= 4 is 12.4 Å². The molecular weight excluding hydrogens is 564 g/mol. The highest BCUT2D eigenvalue weighted by Gasteiger charge is 2.44. The van der Waals surface area contributed by atoms with Crippen molar-refractivity contribution in [2.24, 2.45) is 0 Å². The molecule has 41 heavy (non-hydrogen) atoms. The summed E-state index contributed by atoms with van der Waals surface area (Å²) in [5.74, 6) is 0. The molecule has 0 radical (unpaired) electrons. The molecule has 3 aromatic rings. The number of benzene rings is 3. The van der Waals surface area contributed by atoms with Gasteiger partial charge in [0.15, 0.2) is 0 Å². The van der Waals surface area contributed by atoms with Gasteiger partial charge in [-0.15, -0.1) is 12.4 Å². The highest BCUT2D eigenvalue weighted by atomic mass is 35.5. The second kappa shape index (κ2) is 12.3. The number of fused-ring (bicyclic) bond motifs is 1. The first kappa shape index (κ1) is 31.3. The number of rotatable bonds is 7. The van der Waals surface area contributed by atoms with Crippen LogP contribution in [0.3, 0.4) is 0 Å². The Morgan fingerprint density at radius 3 is 1.76 bits per heavy atom. The average molecular weight is 598 g/mol. The summed E-state index contributed by atoms with van der Waals surface area (Å²) in [6.45, 7) is 4.54. The lowest BCUT2D eigenvalue weighted by Crippen LogP contribution is -2.61. The van der Waals surface area contributed by atoms with E-state index in [4.69, 9.17) is 0 Å². The maximum atomic E-state index is 13.3. The number of nitrogens with zero attached hydrogens (tertiary/aromatic N) is 3. The molecule has 0 aromatic heterocycles. The number of hydrogen-bond donors (Lipinski definition) is 0. The summed E-state index contributed by atoms with van der Waals surface area (Å²) < 4.78 is 79.3. The molecule has 1 heterocycles. The minimum Gasteiger partial charge on any atom is -0.300 e. The first-order valence-corrected chi connectivity index (χ1v) is 13.5. The fourth-order valence-corrected chi connectivity index (χ4v) is 6.31. The smallest absolute Gasteiger partial charge is 0.300 e. The van der Waals surface area contributed by atoms with Gasteiger partial charge < -0.3 is 4.90 Å². The van der Waals surface area contributed by atoms with Gasteiger partial charge in [0.2, 0.25) is 0 Å². The van der Waals surface area contributed by atoms with E-state index in [1.807, 2.05) is 19.2 Å². The monoisotopic (exact) mass is 597 g/mol. The van der Waals surface area contributed by atoms with Crippen LogP contribution in [0.2, 0.25) is 0 Å². The van der Waals surface area contributed by atoms with Gasteiger partial charge >= 0.3 is 12.4 Å². The van der Waals surface area contributed by atoms with Crippen molar-refractivity contribution in [2.45, 2.75) is 43.8 Å². The molecule has 5 rings (SSSR count). The van der Waals surface area contributed by atoms with Crippen LogP contribution >= 0.6 is 12.4 Å². The van der Waals surface area contributed by atoms with Crippen molar-refractivity contribution in [3.05, 3.63) is 106 Å². The highest BCUT2D eigenvalue weighted by Crippen LogP contribution is 2.37. The molecule has 0 bridgehead atoms. The van der Waals surface area contributed by atoms with E-state index in [0.29, 0.717) is 30.8 Å². The van der Waals surface area contributed by atoms with Gasteiger partial charge in [-0.1, -0.05) is 60.7 Å². The molecule has 1 saturated heterocycles. The number of alkyl halides is 6. The molecule has 3 aromatic carbocycles. The molecule has 0 atom stereocenters. The van der Waals surface area contributed by atoms with Crippen LogP contribution in [0.4, 0.5) is 26.3 Å². The summed E-state index contributed by atoms with van der Waals surface area (Å²) in [6, 6.07) is 19.4. The summed E-state index contributed by atoms with van der Waals surface area (Å²) in [6.07, 6.45) is -7.04. The van der Waals surface area contributed by atoms with Gasteiger partial charge in [-0.05, 0) is 54.3 Å². The van der Waals surface area contributed by atoms with Crippen LogP contribution in [0, 0.1) is 0 Å². The van der Waals surface area contributed by atoms with Crippen LogP contribution in [0.15, 0.2) is 72.8 Å². The van der Waals surface area contributed by atoms with Crippen molar-refractivity contribution < 1.29 is 26.3 Å². The predicted molar refractivity (Wildman–Crippen MR) is 150 cm³/mol. The van der Waals surface area contributed by atoms with Crippen molar-refractivity contribution in [3.63, 3.8) is 0 Å². The molecule has 0 unspecified atom stereocenters. The second-order valence-electron chi connectivity index (χ2n) is 11.2. The third-order valence-electron chi connectivity index (χ3n) is 8.13. The lowest BCUT2D eigenvalue weighted by Gasteiger charge is -2.47. The normalized spacial score (nSPS) is 17.9. The molecule has 1 aliphatic carbocycles. The Morgan fingerprint density at radius 1 is 0.707 bits per heavy atom. The molecule has 0 N–H and O–H groups in total. The molecule has 222 valence electrons. The topological polar surface area (TPSA) is 9.72 Å². The van der Waals surface area contributed by atoms with Crippen molar-refractivity contribution in [1.82, 2.24) is 14.7 Å². The maximum Gasteiger partial charge on any atom is 0.416 e. The lowest BCUT2D eigenvalue weighted by molar-refractivity contribution is -0.138. The van der Waals surface area contributed by atoms with Crippen molar-refractivity contribution in [3.8, 4) is 0 Å². The summed E-state index contributed by atoms with van der Waals surface area (Å²) in [7, 11) is 1.95. The molecule has 1 aliphatic heterocycles. The van der Waals surface area contributed by atoms with E-state index in [1.54, 1.807) is 12.1 Å². The molecule has 0 spiro atoms. The highest BCUT2D eigenvalue weighted by molar-refractivity contribution is 5.85. The van der Waals surface area contributed by atoms with Gasteiger partial charge in [-0.25, -0.2) is 0 Å². The quantitative estimate of drug-likeness (QED) is 0.273. The van der Waals surface area contributed by atoms with Crippen LogP contribution in [0.5, 0.6) is 0 Å². The molecule has 0 amide bonds. The van der Waals surface area contributed by atoms with Crippen LogP contribution in [-0.4, -0.2) is 60.0 Å². The second-order valence-corrected chi connectivity index (χ2v) is 11.2. The standard InChI is InChI=1S/C31H33F6N3.ClH/c1-38(20-23-6-4-10-27(16-23)30(32,33)34)22-29(18-25-8-2-3-9-26(25)19-29)40-14-12-39(13-15-40)21-24-7-5-11-28(17-24)31(35,36)37;/h2-11,16-17H,12-15,18-22H2,1H3;1H. The summed E-state index contributed by atoms with van der Waals surface area (Å²) in [5, 5.41) is 0. The van der Waals surface area contributed by atoms with E-state index in [0.717, 1.165) is 51.2 Å². The zero-order valence-corrected chi connectivity index (χ0v) is 23.6. The van der Waals surface area contributed by atoms with Gasteiger partial charge in [0.05, 0.1) is 11.1 Å². The summed E-state index contributed by atoms with van der Waals surface area (Å²) in [5.41, 5.74) is 2.37. The Labute approximate surface area is 243 Å². The van der Waals surface area contributed by atoms with Crippen LogP contribution in [0.1, 0.15) is 33.4 Å². The zero-order valence-electron chi connectivity index (χ0n) is 22.8. The SMILES string of the molecule is CN(Cc1cccc(C(F)(F)F)c1)CC1(N2CCN(Cc3cccc(C(F)(F)F)c3)CC2)Cc2ccccc2C1.Cl. The minimum absolute atomic E-state index is 0. The number of halogens is 7. The van der Waals surface area contributed by atoms with E-state index < -0.39 is 23.5 Å².